The highest BCUT2D eigenvalue weighted by molar-refractivity contribution is 5.86. The van der Waals surface area contributed by atoms with Crippen molar-refractivity contribution in [3.8, 4) is 11.5 Å². The maximum Gasteiger partial charge on any atom is 0.307 e. The van der Waals surface area contributed by atoms with E-state index >= 15 is 0 Å². The molecule has 1 aromatic carbocycles. The summed E-state index contributed by atoms with van der Waals surface area (Å²) in [5.74, 6) is -0.107. The summed E-state index contributed by atoms with van der Waals surface area (Å²) >= 11 is 0. The van der Waals surface area contributed by atoms with Crippen molar-refractivity contribution in [1.82, 2.24) is 5.32 Å². The Bertz CT molecular complexity index is 658. The molecule has 3 aliphatic rings. The van der Waals surface area contributed by atoms with Gasteiger partial charge in [-0.1, -0.05) is 6.07 Å². The highest BCUT2D eigenvalue weighted by atomic mass is 16.7. The Morgan fingerprint density at radius 1 is 1.13 bits per heavy atom. The molecule has 4 rings (SSSR count). The number of rotatable bonds is 4. The van der Waals surface area contributed by atoms with E-state index in [1.54, 1.807) is 0 Å². The van der Waals surface area contributed by atoms with Crippen LogP contribution in [-0.2, 0) is 16.1 Å². The lowest BCUT2D eigenvalue weighted by Crippen LogP contribution is -2.41. The van der Waals surface area contributed by atoms with E-state index in [2.05, 4.69) is 5.32 Å². The normalized spacial score (nSPS) is 30.4. The molecule has 6 heteroatoms. The van der Waals surface area contributed by atoms with Gasteiger partial charge in [-0.3, -0.25) is 9.59 Å². The lowest BCUT2D eigenvalue weighted by atomic mass is 9.78. The quantitative estimate of drug-likeness (QED) is 0.884. The van der Waals surface area contributed by atoms with Crippen molar-refractivity contribution in [3.63, 3.8) is 0 Å². The second kappa shape index (κ2) is 5.44. The molecule has 122 valence electrons. The number of hydrogen-bond donors (Lipinski definition) is 2. The van der Waals surface area contributed by atoms with Gasteiger partial charge in [-0.2, -0.15) is 0 Å². The molecule has 6 nitrogen and oxygen atoms in total. The Balaban J connectivity index is 1.43. The first-order chi connectivity index (χ1) is 11.1. The van der Waals surface area contributed by atoms with Gasteiger partial charge in [0.05, 0.1) is 11.8 Å². The summed E-state index contributed by atoms with van der Waals surface area (Å²) in [5, 5.41) is 12.3. The first kappa shape index (κ1) is 14.4. The van der Waals surface area contributed by atoms with Crippen LogP contribution in [0.1, 0.15) is 24.8 Å². The predicted octanol–water partition coefficient (Wildman–Crippen LogP) is 1.78. The molecular formula is C17H19NO5. The van der Waals surface area contributed by atoms with E-state index < -0.39 is 11.9 Å². The van der Waals surface area contributed by atoms with Crippen LogP contribution >= 0.6 is 0 Å². The highest BCUT2D eigenvalue weighted by Gasteiger charge is 2.53. The minimum absolute atomic E-state index is 0.137. The van der Waals surface area contributed by atoms with Gasteiger partial charge < -0.3 is 19.9 Å². The first-order valence-electron chi connectivity index (χ1n) is 8.02. The lowest BCUT2D eigenvalue weighted by molar-refractivity contribution is -0.149. The molecule has 2 bridgehead atoms. The van der Waals surface area contributed by atoms with Crippen molar-refractivity contribution < 1.29 is 24.2 Å². The molecule has 23 heavy (non-hydrogen) atoms. The molecule has 0 saturated heterocycles. The number of carboxylic acids is 1. The monoisotopic (exact) mass is 317 g/mol. The molecule has 0 unspecified atom stereocenters. The van der Waals surface area contributed by atoms with E-state index in [4.69, 9.17) is 9.47 Å². The van der Waals surface area contributed by atoms with Crippen molar-refractivity contribution in [1.29, 1.82) is 0 Å². The summed E-state index contributed by atoms with van der Waals surface area (Å²) < 4.78 is 10.6. The van der Waals surface area contributed by atoms with Crippen LogP contribution < -0.4 is 14.8 Å². The maximum absolute atomic E-state index is 12.5. The van der Waals surface area contributed by atoms with Crippen LogP contribution in [0, 0.1) is 23.7 Å². The van der Waals surface area contributed by atoms with E-state index in [0.29, 0.717) is 18.0 Å². The topological polar surface area (TPSA) is 84.9 Å². The summed E-state index contributed by atoms with van der Waals surface area (Å²) in [6.45, 7) is 0.590. The van der Waals surface area contributed by atoms with Crippen LogP contribution in [0.5, 0.6) is 11.5 Å². The van der Waals surface area contributed by atoms with E-state index in [-0.39, 0.29) is 30.5 Å². The molecular weight excluding hydrogens is 298 g/mol. The van der Waals surface area contributed by atoms with Crippen molar-refractivity contribution >= 4 is 11.9 Å². The Labute approximate surface area is 133 Å². The Morgan fingerprint density at radius 2 is 1.87 bits per heavy atom. The van der Waals surface area contributed by atoms with Gasteiger partial charge in [-0.25, -0.2) is 0 Å². The smallest absolute Gasteiger partial charge is 0.307 e. The van der Waals surface area contributed by atoms with Crippen LogP contribution in [0.3, 0.4) is 0 Å². The number of amides is 1. The fourth-order valence-electron chi connectivity index (χ4n) is 4.38. The first-order valence-corrected chi connectivity index (χ1v) is 8.02. The van der Waals surface area contributed by atoms with Gasteiger partial charge in [-0.15, -0.1) is 0 Å². The number of hydrogen-bond acceptors (Lipinski definition) is 4. The molecule has 0 spiro atoms. The van der Waals surface area contributed by atoms with Crippen LogP contribution in [0.15, 0.2) is 18.2 Å². The molecule has 1 aliphatic heterocycles. The number of benzene rings is 1. The number of carbonyl (C=O) groups excluding carboxylic acids is 1. The fraction of sp³-hybridized carbons (Fsp3) is 0.529. The SMILES string of the molecule is O=C(O)[C@H]1[C@@H]2CC[C@@H](C2)[C@@H]1C(=O)NCc1ccc2c(c1)OCO2. The van der Waals surface area contributed by atoms with Crippen LogP contribution in [0.4, 0.5) is 0 Å². The third kappa shape index (κ3) is 2.42. The molecule has 0 aromatic heterocycles. The predicted molar refractivity (Wildman–Crippen MR) is 79.9 cm³/mol. The summed E-state index contributed by atoms with van der Waals surface area (Å²) in [6.07, 6.45) is 2.78. The molecule has 1 amide bonds. The molecule has 0 radical (unpaired) electrons. The van der Waals surface area contributed by atoms with Crippen LogP contribution in [-0.4, -0.2) is 23.8 Å². The Kier molecular flexibility index (Phi) is 3.39. The lowest BCUT2D eigenvalue weighted by Gasteiger charge is -2.27. The van der Waals surface area contributed by atoms with E-state index in [1.165, 1.54) is 0 Å². The second-order valence-corrected chi connectivity index (χ2v) is 6.63. The molecule has 2 saturated carbocycles. The van der Waals surface area contributed by atoms with Crippen molar-refractivity contribution in [2.45, 2.75) is 25.8 Å². The zero-order valence-corrected chi connectivity index (χ0v) is 12.7. The largest absolute Gasteiger partial charge is 0.481 e. The second-order valence-electron chi connectivity index (χ2n) is 6.63. The number of fused-ring (bicyclic) bond motifs is 3. The van der Waals surface area contributed by atoms with Crippen molar-refractivity contribution in [2.75, 3.05) is 6.79 Å². The average molecular weight is 317 g/mol. The summed E-state index contributed by atoms with van der Waals surface area (Å²) in [5.41, 5.74) is 0.914. The van der Waals surface area contributed by atoms with Crippen LogP contribution in [0.2, 0.25) is 0 Å². The van der Waals surface area contributed by atoms with Gasteiger partial charge in [0.25, 0.3) is 0 Å². The molecule has 4 atom stereocenters. The standard InChI is InChI=1S/C17H19NO5/c19-16(14-10-2-3-11(6-10)15(14)17(20)21)18-7-9-1-4-12-13(5-9)23-8-22-12/h1,4-5,10-11,14-15H,2-3,6-8H2,(H,18,19)(H,20,21)/t10-,11+,14-,15-/m0/s1. The summed E-state index contributed by atoms with van der Waals surface area (Å²) in [6, 6.07) is 5.54. The molecule has 2 N–H and O–H groups in total. The van der Waals surface area contributed by atoms with Gasteiger partial charge >= 0.3 is 5.97 Å². The minimum atomic E-state index is -0.833. The van der Waals surface area contributed by atoms with Crippen molar-refractivity contribution in [2.24, 2.45) is 23.7 Å². The number of nitrogens with one attached hydrogen (secondary N) is 1. The number of ether oxygens (including phenoxy) is 2. The number of carbonyl (C=O) groups is 2. The maximum atomic E-state index is 12.5. The molecule has 1 aromatic rings. The van der Waals surface area contributed by atoms with Gasteiger partial charge in [0.2, 0.25) is 12.7 Å². The zero-order chi connectivity index (χ0) is 16.0. The Morgan fingerprint density at radius 3 is 2.65 bits per heavy atom. The van der Waals surface area contributed by atoms with Gasteiger partial charge in [-0.05, 0) is 48.8 Å². The third-order valence-electron chi connectivity index (χ3n) is 5.41. The van der Waals surface area contributed by atoms with E-state index in [9.17, 15) is 14.7 Å². The average Bonchev–Trinajstić information content (AvgIpc) is 3.25. The molecule has 2 fully saturated rings. The summed E-state index contributed by atoms with van der Waals surface area (Å²) in [4.78, 5) is 24.0. The van der Waals surface area contributed by atoms with Gasteiger partial charge in [0.1, 0.15) is 0 Å². The number of carboxylic acid groups (broad SMARTS) is 1. The molecule has 2 aliphatic carbocycles. The molecule has 1 heterocycles. The van der Waals surface area contributed by atoms with Gasteiger partial charge in [0.15, 0.2) is 11.5 Å². The highest BCUT2D eigenvalue weighted by Crippen LogP contribution is 2.52. The van der Waals surface area contributed by atoms with Gasteiger partial charge in [0, 0.05) is 6.54 Å². The fourth-order valence-corrected chi connectivity index (χ4v) is 4.38. The summed E-state index contributed by atoms with van der Waals surface area (Å²) in [7, 11) is 0. The Hall–Kier alpha value is -2.24. The van der Waals surface area contributed by atoms with E-state index in [1.807, 2.05) is 18.2 Å². The number of aliphatic carboxylic acids is 1. The minimum Gasteiger partial charge on any atom is -0.481 e. The third-order valence-corrected chi connectivity index (χ3v) is 5.41. The van der Waals surface area contributed by atoms with E-state index in [0.717, 1.165) is 24.8 Å². The zero-order valence-electron chi connectivity index (χ0n) is 12.7. The van der Waals surface area contributed by atoms with Crippen molar-refractivity contribution in [3.05, 3.63) is 23.8 Å². The van der Waals surface area contributed by atoms with Crippen LogP contribution in [0.25, 0.3) is 0 Å².